The number of carbonyl (C=O) groups excluding carboxylic acids is 2. The van der Waals surface area contributed by atoms with Crippen LogP contribution >= 0.6 is 11.3 Å². The standard InChI is InChI=1S/C17H21FN4O2S/c1-10-7-14(18)25-16(10)17(24)22(12-3-4-12)6-5-19-15(23)8-13-11(2)20-9-21-13/h7,9,12H,3-6,8H2,1-2H3,(H,19,23)(H,20,21). The lowest BCUT2D eigenvalue weighted by molar-refractivity contribution is -0.120. The number of imidazole rings is 1. The van der Waals surface area contributed by atoms with Gasteiger partial charge in [-0.2, -0.15) is 4.39 Å². The molecule has 3 rings (SSSR count). The summed E-state index contributed by atoms with van der Waals surface area (Å²) in [5, 5.41) is 2.48. The number of thiophene rings is 1. The molecule has 1 saturated carbocycles. The number of aryl methyl sites for hydroxylation is 2. The summed E-state index contributed by atoms with van der Waals surface area (Å²) in [7, 11) is 0. The van der Waals surface area contributed by atoms with E-state index in [0.29, 0.717) is 23.5 Å². The van der Waals surface area contributed by atoms with Gasteiger partial charge >= 0.3 is 0 Å². The van der Waals surface area contributed by atoms with E-state index in [2.05, 4.69) is 15.3 Å². The van der Waals surface area contributed by atoms with Crippen molar-refractivity contribution in [3.8, 4) is 0 Å². The zero-order chi connectivity index (χ0) is 18.0. The maximum absolute atomic E-state index is 13.4. The summed E-state index contributed by atoms with van der Waals surface area (Å²) < 4.78 is 13.4. The van der Waals surface area contributed by atoms with Crippen LogP contribution in [0.5, 0.6) is 0 Å². The molecule has 0 aliphatic heterocycles. The second kappa shape index (κ2) is 7.35. The van der Waals surface area contributed by atoms with Gasteiger partial charge in [-0.1, -0.05) is 0 Å². The number of nitrogens with one attached hydrogen (secondary N) is 2. The molecule has 1 fully saturated rings. The highest BCUT2D eigenvalue weighted by molar-refractivity contribution is 7.12. The summed E-state index contributed by atoms with van der Waals surface area (Å²) in [6.07, 6.45) is 3.69. The molecule has 0 atom stereocenters. The molecule has 25 heavy (non-hydrogen) atoms. The first kappa shape index (κ1) is 17.6. The molecular formula is C17H21FN4O2S. The van der Waals surface area contributed by atoms with Gasteiger partial charge in [0.05, 0.1) is 23.3 Å². The summed E-state index contributed by atoms with van der Waals surface area (Å²) in [5.41, 5.74) is 2.26. The predicted molar refractivity (Wildman–Crippen MR) is 93.1 cm³/mol. The summed E-state index contributed by atoms with van der Waals surface area (Å²) in [5.74, 6) is -0.275. The lowest BCUT2D eigenvalue weighted by Crippen LogP contribution is -2.40. The van der Waals surface area contributed by atoms with Crippen LogP contribution in [0.25, 0.3) is 0 Å². The van der Waals surface area contributed by atoms with E-state index in [4.69, 9.17) is 0 Å². The van der Waals surface area contributed by atoms with Crippen LogP contribution < -0.4 is 5.32 Å². The zero-order valence-electron chi connectivity index (χ0n) is 14.3. The average Bonchev–Trinajstić information content (AvgIpc) is 3.24. The van der Waals surface area contributed by atoms with Gasteiger partial charge in [0.15, 0.2) is 5.13 Å². The Kier molecular flexibility index (Phi) is 5.17. The van der Waals surface area contributed by atoms with E-state index >= 15 is 0 Å². The number of aromatic amines is 1. The second-order valence-electron chi connectivity index (χ2n) is 6.29. The minimum absolute atomic E-state index is 0.128. The van der Waals surface area contributed by atoms with E-state index in [0.717, 1.165) is 35.6 Å². The molecule has 2 amide bonds. The fourth-order valence-corrected chi connectivity index (χ4v) is 3.57. The SMILES string of the molecule is Cc1cc(F)sc1C(=O)N(CCNC(=O)Cc1nc[nH]c1C)C1CC1. The summed E-state index contributed by atoms with van der Waals surface area (Å²) in [4.78, 5) is 33.9. The van der Waals surface area contributed by atoms with Crippen molar-refractivity contribution in [2.75, 3.05) is 13.1 Å². The number of nitrogens with zero attached hydrogens (tertiary/aromatic N) is 2. The largest absolute Gasteiger partial charge is 0.354 e. The highest BCUT2D eigenvalue weighted by atomic mass is 32.1. The van der Waals surface area contributed by atoms with Crippen LogP contribution in [0.2, 0.25) is 0 Å². The van der Waals surface area contributed by atoms with Crippen LogP contribution in [-0.4, -0.2) is 45.8 Å². The van der Waals surface area contributed by atoms with Crippen LogP contribution in [0.1, 0.15) is 39.5 Å². The molecule has 2 heterocycles. The van der Waals surface area contributed by atoms with Crippen molar-refractivity contribution in [2.24, 2.45) is 0 Å². The molecule has 0 spiro atoms. The molecule has 0 unspecified atom stereocenters. The van der Waals surface area contributed by atoms with Crippen molar-refractivity contribution in [1.82, 2.24) is 20.2 Å². The first-order chi connectivity index (χ1) is 12.0. The van der Waals surface area contributed by atoms with Gasteiger partial charge in [-0.15, -0.1) is 11.3 Å². The Balaban J connectivity index is 1.54. The molecule has 8 heteroatoms. The van der Waals surface area contributed by atoms with Gasteiger partial charge in [0.25, 0.3) is 5.91 Å². The number of carbonyl (C=O) groups is 2. The number of amides is 2. The highest BCUT2D eigenvalue weighted by Gasteiger charge is 2.34. The maximum Gasteiger partial charge on any atom is 0.264 e. The van der Waals surface area contributed by atoms with E-state index in [1.165, 1.54) is 6.07 Å². The lowest BCUT2D eigenvalue weighted by atomic mass is 10.2. The van der Waals surface area contributed by atoms with Crippen molar-refractivity contribution in [3.05, 3.63) is 39.4 Å². The van der Waals surface area contributed by atoms with Gasteiger partial charge in [0.2, 0.25) is 5.91 Å². The molecule has 2 aromatic rings. The normalized spacial score (nSPS) is 13.7. The topological polar surface area (TPSA) is 78.1 Å². The van der Waals surface area contributed by atoms with Gasteiger partial charge in [-0.05, 0) is 38.3 Å². The first-order valence-corrected chi connectivity index (χ1v) is 9.09. The number of hydrogen-bond acceptors (Lipinski definition) is 4. The quantitative estimate of drug-likeness (QED) is 0.791. The fraction of sp³-hybridized carbons (Fsp3) is 0.471. The van der Waals surface area contributed by atoms with Gasteiger partial charge < -0.3 is 15.2 Å². The monoisotopic (exact) mass is 364 g/mol. The fourth-order valence-electron chi connectivity index (χ4n) is 2.72. The van der Waals surface area contributed by atoms with Crippen LogP contribution in [-0.2, 0) is 11.2 Å². The van der Waals surface area contributed by atoms with Crippen LogP contribution in [0.4, 0.5) is 4.39 Å². The summed E-state index contributed by atoms with van der Waals surface area (Å²) in [6, 6.07) is 1.58. The molecule has 0 aromatic carbocycles. The van der Waals surface area contributed by atoms with E-state index in [-0.39, 0.29) is 29.4 Å². The van der Waals surface area contributed by atoms with E-state index < -0.39 is 0 Å². The van der Waals surface area contributed by atoms with Crippen LogP contribution in [0.15, 0.2) is 12.4 Å². The lowest BCUT2D eigenvalue weighted by Gasteiger charge is -2.22. The molecule has 0 radical (unpaired) electrons. The van der Waals surface area contributed by atoms with Gasteiger partial charge in [-0.3, -0.25) is 9.59 Å². The number of rotatable bonds is 7. The number of halogens is 1. The van der Waals surface area contributed by atoms with Crippen molar-refractivity contribution in [1.29, 1.82) is 0 Å². The molecular weight excluding hydrogens is 343 g/mol. The van der Waals surface area contributed by atoms with Crippen molar-refractivity contribution in [2.45, 2.75) is 39.2 Å². The van der Waals surface area contributed by atoms with Crippen LogP contribution in [0.3, 0.4) is 0 Å². The maximum atomic E-state index is 13.4. The molecule has 134 valence electrons. The molecule has 1 aliphatic rings. The summed E-state index contributed by atoms with van der Waals surface area (Å²) in [6.45, 7) is 4.41. The predicted octanol–water partition coefficient (Wildman–Crippen LogP) is 2.19. The van der Waals surface area contributed by atoms with Gasteiger partial charge in [0.1, 0.15) is 0 Å². The summed E-state index contributed by atoms with van der Waals surface area (Å²) >= 11 is 0.883. The molecule has 1 aliphatic carbocycles. The highest BCUT2D eigenvalue weighted by Crippen LogP contribution is 2.30. The molecule has 0 saturated heterocycles. The van der Waals surface area contributed by atoms with E-state index in [9.17, 15) is 14.0 Å². The van der Waals surface area contributed by atoms with Crippen molar-refractivity contribution < 1.29 is 14.0 Å². The number of H-pyrrole nitrogens is 1. The number of aromatic nitrogens is 2. The Hall–Kier alpha value is -2.22. The molecule has 2 aromatic heterocycles. The van der Waals surface area contributed by atoms with E-state index in [1.807, 2.05) is 6.92 Å². The number of hydrogen-bond donors (Lipinski definition) is 2. The third kappa shape index (κ3) is 4.25. The third-order valence-corrected chi connectivity index (χ3v) is 5.28. The van der Waals surface area contributed by atoms with Crippen LogP contribution in [0, 0.1) is 19.0 Å². The Labute approximate surface area is 149 Å². The minimum Gasteiger partial charge on any atom is -0.354 e. The van der Waals surface area contributed by atoms with Crippen molar-refractivity contribution >= 4 is 23.2 Å². The Morgan fingerprint density at radius 1 is 1.44 bits per heavy atom. The minimum atomic E-state index is -0.348. The average molecular weight is 364 g/mol. The second-order valence-corrected chi connectivity index (χ2v) is 7.30. The Morgan fingerprint density at radius 2 is 2.20 bits per heavy atom. The van der Waals surface area contributed by atoms with Crippen molar-refractivity contribution in [3.63, 3.8) is 0 Å². The van der Waals surface area contributed by atoms with Gasteiger partial charge in [-0.25, -0.2) is 4.98 Å². The zero-order valence-corrected chi connectivity index (χ0v) is 15.1. The van der Waals surface area contributed by atoms with E-state index in [1.54, 1.807) is 18.2 Å². The third-order valence-electron chi connectivity index (χ3n) is 4.27. The Bertz CT molecular complexity index is 781. The Morgan fingerprint density at radius 3 is 2.76 bits per heavy atom. The molecule has 2 N–H and O–H groups in total. The molecule has 0 bridgehead atoms. The van der Waals surface area contributed by atoms with Gasteiger partial charge in [0, 0.05) is 24.8 Å². The smallest absolute Gasteiger partial charge is 0.264 e. The first-order valence-electron chi connectivity index (χ1n) is 8.28. The molecule has 6 nitrogen and oxygen atoms in total.